The third-order valence-corrected chi connectivity index (χ3v) is 6.02. The van der Waals surface area contributed by atoms with Gasteiger partial charge in [0.2, 0.25) is 11.8 Å². The Morgan fingerprint density at radius 2 is 1.97 bits per heavy atom. The van der Waals surface area contributed by atoms with Gasteiger partial charge in [0.1, 0.15) is 5.75 Å². The van der Waals surface area contributed by atoms with Gasteiger partial charge in [0.05, 0.1) is 31.5 Å². The molecule has 2 amide bonds. The number of amides is 2. The van der Waals surface area contributed by atoms with Crippen LogP contribution in [-0.4, -0.2) is 35.7 Å². The van der Waals surface area contributed by atoms with Gasteiger partial charge in [0.25, 0.3) is 0 Å². The van der Waals surface area contributed by atoms with E-state index in [1.54, 1.807) is 12.0 Å². The maximum atomic E-state index is 12.7. The molecule has 8 heteroatoms. The van der Waals surface area contributed by atoms with Gasteiger partial charge in [-0.3, -0.25) is 14.7 Å². The van der Waals surface area contributed by atoms with Gasteiger partial charge in [0, 0.05) is 30.8 Å². The van der Waals surface area contributed by atoms with Crippen LogP contribution in [0, 0.1) is 0 Å². The zero-order valence-electron chi connectivity index (χ0n) is 17.9. The van der Waals surface area contributed by atoms with Crippen LogP contribution >= 0.6 is 0 Å². The second-order valence-electron chi connectivity index (χ2n) is 8.10. The van der Waals surface area contributed by atoms with E-state index in [-0.39, 0.29) is 18.2 Å². The first-order valence-corrected chi connectivity index (χ1v) is 10.8. The largest absolute Gasteiger partial charge is 0.495 e. The van der Waals surface area contributed by atoms with Crippen LogP contribution in [0.2, 0.25) is 0 Å². The summed E-state index contributed by atoms with van der Waals surface area (Å²) >= 11 is 0. The van der Waals surface area contributed by atoms with E-state index in [1.807, 2.05) is 48.5 Å². The Hall–Kier alpha value is -3.81. The number of hydrogen-bond acceptors (Lipinski definition) is 5. The number of nitrogens with one attached hydrogen (secondary N) is 2. The highest BCUT2D eigenvalue weighted by Crippen LogP contribution is 2.36. The zero-order chi connectivity index (χ0) is 22.1. The van der Waals surface area contributed by atoms with E-state index in [9.17, 15) is 9.59 Å². The van der Waals surface area contributed by atoms with Crippen molar-refractivity contribution in [1.82, 2.24) is 10.2 Å². The van der Waals surface area contributed by atoms with Gasteiger partial charge in [-0.2, -0.15) is 5.10 Å². The number of carbonyl (C=O) groups excluding carboxylic acids is 2. The smallest absolute Gasteiger partial charge is 0.230 e. The molecule has 0 bridgehead atoms. The minimum absolute atomic E-state index is 0.125. The van der Waals surface area contributed by atoms with Gasteiger partial charge in [-0.25, -0.2) is 0 Å². The molecule has 3 aromatic rings. The van der Waals surface area contributed by atoms with Crippen molar-refractivity contribution in [2.75, 3.05) is 28.8 Å². The molecule has 0 saturated carbocycles. The Morgan fingerprint density at radius 1 is 1.16 bits per heavy atom. The second kappa shape index (κ2) is 8.37. The summed E-state index contributed by atoms with van der Waals surface area (Å²) in [7, 11) is 1.66. The Kier molecular flexibility index (Phi) is 5.26. The van der Waals surface area contributed by atoms with Crippen LogP contribution in [0.3, 0.4) is 0 Å². The number of rotatable bonds is 6. The number of nitrogens with zero attached hydrogens (tertiary/aromatic N) is 3. The molecule has 1 saturated heterocycles. The molecule has 1 fully saturated rings. The molecule has 164 valence electrons. The summed E-state index contributed by atoms with van der Waals surface area (Å²) in [4.78, 5) is 28.5. The lowest BCUT2D eigenvalue weighted by molar-refractivity contribution is -0.117. The molecule has 3 heterocycles. The number of aromatic nitrogens is 2. The molecule has 2 aliphatic rings. The van der Waals surface area contributed by atoms with E-state index >= 15 is 0 Å². The molecular formula is C24H25N5O3. The third-order valence-electron chi connectivity index (χ3n) is 6.02. The number of methoxy groups -OCH3 is 1. The quantitative estimate of drug-likeness (QED) is 0.625. The molecule has 1 aromatic heterocycles. The fourth-order valence-corrected chi connectivity index (χ4v) is 4.38. The first-order valence-electron chi connectivity index (χ1n) is 10.8. The van der Waals surface area contributed by atoms with Crippen molar-refractivity contribution in [1.29, 1.82) is 0 Å². The number of hydrogen-bond donors (Lipinski definition) is 2. The minimum atomic E-state index is -0.125. The average Bonchev–Trinajstić information content (AvgIpc) is 3.51. The van der Waals surface area contributed by atoms with Gasteiger partial charge in [-0.15, -0.1) is 0 Å². The molecule has 2 aromatic carbocycles. The second-order valence-corrected chi connectivity index (χ2v) is 8.10. The van der Waals surface area contributed by atoms with Gasteiger partial charge < -0.3 is 19.9 Å². The van der Waals surface area contributed by atoms with Crippen molar-refractivity contribution in [3.8, 4) is 5.75 Å². The molecule has 2 aliphatic heterocycles. The number of anilines is 3. The molecule has 0 unspecified atom stereocenters. The van der Waals surface area contributed by atoms with Crippen molar-refractivity contribution < 1.29 is 14.3 Å². The normalized spacial score (nSPS) is 15.2. The fraction of sp³-hybridized carbons (Fsp3) is 0.292. The number of fused-ring (bicyclic) bond motifs is 1. The molecule has 2 N–H and O–H groups in total. The summed E-state index contributed by atoms with van der Waals surface area (Å²) in [5, 5.41) is 10.3. The SMILES string of the molecule is COc1ccccc1N1Cc2[nH]nc(NC(=O)Cc3ccc(N4CCCC4=O)cc3)c2C1. The van der Waals surface area contributed by atoms with Crippen molar-refractivity contribution >= 4 is 29.0 Å². The lowest BCUT2D eigenvalue weighted by atomic mass is 10.1. The van der Waals surface area contributed by atoms with E-state index in [0.717, 1.165) is 46.9 Å². The number of benzene rings is 2. The summed E-state index contributed by atoms with van der Waals surface area (Å²) in [6.45, 7) is 2.07. The number of carbonyl (C=O) groups is 2. The first kappa shape index (κ1) is 20.1. The molecule has 5 rings (SSSR count). The Balaban J connectivity index is 1.23. The van der Waals surface area contributed by atoms with E-state index in [1.165, 1.54) is 0 Å². The van der Waals surface area contributed by atoms with E-state index < -0.39 is 0 Å². The number of para-hydroxylation sites is 2. The van der Waals surface area contributed by atoms with Crippen LogP contribution in [0.4, 0.5) is 17.2 Å². The summed E-state index contributed by atoms with van der Waals surface area (Å²) < 4.78 is 5.48. The third kappa shape index (κ3) is 3.79. The monoisotopic (exact) mass is 431 g/mol. The van der Waals surface area contributed by atoms with Crippen molar-refractivity contribution in [3.63, 3.8) is 0 Å². The van der Waals surface area contributed by atoms with Crippen molar-refractivity contribution in [3.05, 3.63) is 65.4 Å². The predicted octanol–water partition coefficient (Wildman–Crippen LogP) is 3.25. The Morgan fingerprint density at radius 3 is 2.72 bits per heavy atom. The van der Waals surface area contributed by atoms with Crippen LogP contribution in [0.1, 0.15) is 29.7 Å². The summed E-state index contributed by atoms with van der Waals surface area (Å²) in [5.41, 5.74) is 4.77. The van der Waals surface area contributed by atoms with E-state index in [2.05, 4.69) is 20.4 Å². The standard InChI is InChI=1S/C24H25N5O3/c1-32-21-6-3-2-5-20(21)28-14-18-19(15-28)26-27-24(18)25-22(30)13-16-8-10-17(11-9-16)29-12-4-7-23(29)31/h2-3,5-6,8-11H,4,7,12-15H2,1H3,(H2,25,26,27,30). The fourth-order valence-electron chi connectivity index (χ4n) is 4.38. The Bertz CT molecular complexity index is 1150. The minimum Gasteiger partial charge on any atom is -0.495 e. The predicted molar refractivity (Wildman–Crippen MR) is 122 cm³/mol. The Labute approximate surface area is 186 Å². The molecule has 8 nitrogen and oxygen atoms in total. The van der Waals surface area contributed by atoms with Gasteiger partial charge in [-0.1, -0.05) is 24.3 Å². The summed E-state index contributed by atoms with van der Waals surface area (Å²) in [6.07, 6.45) is 1.74. The van der Waals surface area contributed by atoms with Gasteiger partial charge >= 0.3 is 0 Å². The molecule has 0 atom stereocenters. The highest BCUT2D eigenvalue weighted by Gasteiger charge is 2.27. The maximum absolute atomic E-state index is 12.7. The number of ether oxygens (including phenoxy) is 1. The first-order chi connectivity index (χ1) is 15.6. The molecule has 0 spiro atoms. The van der Waals surface area contributed by atoms with Crippen molar-refractivity contribution in [2.24, 2.45) is 0 Å². The van der Waals surface area contributed by atoms with Crippen LogP contribution in [0.5, 0.6) is 5.75 Å². The maximum Gasteiger partial charge on any atom is 0.230 e. The molecule has 0 radical (unpaired) electrons. The van der Waals surface area contributed by atoms with Gasteiger partial charge in [-0.05, 0) is 36.2 Å². The van der Waals surface area contributed by atoms with Crippen LogP contribution < -0.4 is 19.9 Å². The number of H-pyrrole nitrogens is 1. The molecular weight excluding hydrogens is 406 g/mol. The summed E-state index contributed by atoms with van der Waals surface area (Å²) in [5.74, 6) is 1.42. The lowest BCUT2D eigenvalue weighted by Crippen LogP contribution is -2.23. The number of aromatic amines is 1. The topological polar surface area (TPSA) is 90.6 Å². The molecule has 0 aliphatic carbocycles. The van der Waals surface area contributed by atoms with Crippen LogP contribution in [0.25, 0.3) is 0 Å². The zero-order valence-corrected chi connectivity index (χ0v) is 17.9. The highest BCUT2D eigenvalue weighted by atomic mass is 16.5. The van der Waals surface area contributed by atoms with Crippen LogP contribution in [-0.2, 0) is 29.1 Å². The lowest BCUT2D eigenvalue weighted by Gasteiger charge is -2.20. The van der Waals surface area contributed by atoms with Crippen molar-refractivity contribution in [2.45, 2.75) is 32.4 Å². The van der Waals surface area contributed by atoms with E-state index in [4.69, 9.17) is 4.74 Å². The molecule has 32 heavy (non-hydrogen) atoms. The highest BCUT2D eigenvalue weighted by molar-refractivity contribution is 5.95. The summed E-state index contributed by atoms with van der Waals surface area (Å²) in [6, 6.07) is 15.5. The average molecular weight is 431 g/mol. The van der Waals surface area contributed by atoms with Gasteiger partial charge in [0.15, 0.2) is 5.82 Å². The van der Waals surface area contributed by atoms with Crippen LogP contribution in [0.15, 0.2) is 48.5 Å². The van der Waals surface area contributed by atoms with E-state index in [0.29, 0.717) is 25.3 Å².